The van der Waals surface area contributed by atoms with Gasteiger partial charge in [0.2, 0.25) is 5.91 Å². The summed E-state index contributed by atoms with van der Waals surface area (Å²) in [4.78, 5) is 18.0. The number of halogens is 1. The molecule has 160 valence electrons. The van der Waals surface area contributed by atoms with Gasteiger partial charge in [0.15, 0.2) is 0 Å². The molecule has 0 radical (unpaired) electrons. The highest BCUT2D eigenvalue weighted by molar-refractivity contribution is 9.10. The van der Waals surface area contributed by atoms with E-state index in [4.69, 9.17) is 9.47 Å². The number of nitrogens with zero attached hydrogens (tertiary/aromatic N) is 5. The van der Waals surface area contributed by atoms with Crippen LogP contribution in [0.2, 0.25) is 0 Å². The number of aromatic nitrogens is 4. The predicted molar refractivity (Wildman–Crippen MR) is 119 cm³/mol. The highest BCUT2D eigenvalue weighted by atomic mass is 79.9. The van der Waals surface area contributed by atoms with E-state index in [9.17, 15) is 4.79 Å². The maximum atomic E-state index is 13.5. The molecule has 4 rings (SSSR count). The Labute approximate surface area is 187 Å². The van der Waals surface area contributed by atoms with Crippen LogP contribution in [0.1, 0.15) is 25.5 Å². The van der Waals surface area contributed by atoms with Crippen molar-refractivity contribution in [1.82, 2.24) is 20.2 Å². The number of nitrogens with one attached hydrogen (secondary N) is 1. The first-order chi connectivity index (χ1) is 15.0. The fourth-order valence-electron chi connectivity index (χ4n) is 3.68. The number of carbonyl (C=O) groups is 1. The van der Waals surface area contributed by atoms with Crippen molar-refractivity contribution in [2.24, 2.45) is 10.9 Å². The van der Waals surface area contributed by atoms with Crippen LogP contribution in [0.3, 0.4) is 0 Å². The highest BCUT2D eigenvalue weighted by Crippen LogP contribution is 2.40. The van der Waals surface area contributed by atoms with Crippen LogP contribution >= 0.6 is 15.9 Å². The van der Waals surface area contributed by atoms with E-state index in [1.807, 2.05) is 37.3 Å². The Kier molecular flexibility index (Phi) is 5.99. The summed E-state index contributed by atoms with van der Waals surface area (Å²) in [5.74, 6) is 0.639. The van der Waals surface area contributed by atoms with Gasteiger partial charge >= 0.3 is 0 Å². The monoisotopic (exact) mass is 484 g/mol. The largest absolute Gasteiger partial charge is 0.495 e. The first-order valence-electron chi connectivity index (χ1n) is 9.72. The van der Waals surface area contributed by atoms with Crippen molar-refractivity contribution in [2.45, 2.75) is 19.9 Å². The fourth-order valence-corrected chi connectivity index (χ4v) is 4.06. The van der Waals surface area contributed by atoms with Gasteiger partial charge in [0.1, 0.15) is 23.5 Å². The molecule has 2 aromatic carbocycles. The maximum Gasteiger partial charge on any atom is 0.269 e. The molecule has 1 aromatic heterocycles. The number of amides is 1. The summed E-state index contributed by atoms with van der Waals surface area (Å²) in [6.45, 7) is 4.19. The Bertz CT molecular complexity index is 1150. The second-order valence-corrected chi connectivity index (χ2v) is 7.82. The summed E-state index contributed by atoms with van der Waals surface area (Å²) in [7, 11) is 1.56. The molecular formula is C21H21BrN6O3. The Morgan fingerprint density at radius 2 is 2.03 bits per heavy atom. The van der Waals surface area contributed by atoms with Gasteiger partial charge in [-0.05, 0) is 54.6 Å². The Hall–Kier alpha value is -3.27. The van der Waals surface area contributed by atoms with Crippen LogP contribution in [-0.4, -0.2) is 45.5 Å². The number of carbonyl (C=O) groups excluding carboxylic acids is 1. The molecule has 0 saturated heterocycles. The van der Waals surface area contributed by atoms with Crippen molar-refractivity contribution in [3.63, 3.8) is 0 Å². The lowest BCUT2D eigenvalue weighted by molar-refractivity contribution is -0.118. The van der Waals surface area contributed by atoms with E-state index in [-0.39, 0.29) is 5.91 Å². The quantitative estimate of drug-likeness (QED) is 0.570. The van der Waals surface area contributed by atoms with Crippen LogP contribution < -0.4 is 14.8 Å². The predicted octanol–water partition coefficient (Wildman–Crippen LogP) is 3.79. The molecule has 9 nitrogen and oxygen atoms in total. The van der Waals surface area contributed by atoms with Gasteiger partial charge in [-0.2, -0.15) is 0 Å². The van der Waals surface area contributed by atoms with Crippen LogP contribution in [0.15, 0.2) is 51.9 Å². The van der Waals surface area contributed by atoms with Crippen LogP contribution in [0.25, 0.3) is 0 Å². The molecule has 1 aliphatic heterocycles. The van der Waals surface area contributed by atoms with E-state index in [1.54, 1.807) is 30.8 Å². The number of benzene rings is 2. The standard InChI is InChI=1S/C21H21BrN6O3/c1-4-31-16-10-9-13(22)11-14(16)19-18(12(2)23-21-25-26-27-28(19)21)20(29)24-15-7-5-6-8-17(15)30-3/h5-11,18-19H,4H2,1-3H3,(H,24,29). The third kappa shape index (κ3) is 4.02. The number of anilines is 1. The zero-order chi connectivity index (χ0) is 22.0. The van der Waals surface area contributed by atoms with E-state index in [1.165, 1.54) is 0 Å². The van der Waals surface area contributed by atoms with Gasteiger partial charge in [0, 0.05) is 15.7 Å². The zero-order valence-corrected chi connectivity index (χ0v) is 18.8. The van der Waals surface area contributed by atoms with E-state index in [2.05, 4.69) is 41.8 Å². The number of hydrogen-bond acceptors (Lipinski definition) is 7. The van der Waals surface area contributed by atoms with Gasteiger partial charge in [-0.25, -0.2) is 9.67 Å². The zero-order valence-electron chi connectivity index (χ0n) is 17.2. The van der Waals surface area contributed by atoms with Gasteiger partial charge < -0.3 is 14.8 Å². The number of hydrogen-bond donors (Lipinski definition) is 1. The molecule has 2 unspecified atom stereocenters. The Balaban J connectivity index is 1.80. The number of methoxy groups -OCH3 is 1. The minimum Gasteiger partial charge on any atom is -0.495 e. The van der Waals surface area contributed by atoms with Crippen molar-refractivity contribution in [3.05, 3.63) is 52.5 Å². The highest BCUT2D eigenvalue weighted by Gasteiger charge is 2.41. The number of ether oxygens (including phenoxy) is 2. The Morgan fingerprint density at radius 1 is 1.23 bits per heavy atom. The normalized spacial score (nSPS) is 17.5. The molecule has 1 aliphatic rings. The summed E-state index contributed by atoms with van der Waals surface area (Å²) in [6, 6.07) is 12.4. The topological polar surface area (TPSA) is 104 Å². The minimum atomic E-state index is -0.672. The second-order valence-electron chi connectivity index (χ2n) is 6.90. The average molecular weight is 485 g/mol. The van der Waals surface area contributed by atoms with Crippen LogP contribution in [0.4, 0.5) is 11.6 Å². The van der Waals surface area contributed by atoms with E-state index in [0.29, 0.717) is 35.5 Å². The molecule has 0 aliphatic carbocycles. The third-order valence-corrected chi connectivity index (χ3v) is 5.51. The number of para-hydroxylation sites is 2. The van der Waals surface area contributed by atoms with E-state index in [0.717, 1.165) is 10.0 Å². The smallest absolute Gasteiger partial charge is 0.269 e. The molecular weight excluding hydrogens is 464 g/mol. The molecule has 2 atom stereocenters. The molecule has 1 N–H and O–H groups in total. The SMILES string of the molecule is CCOc1ccc(Br)cc1C1C(C(=O)Nc2ccccc2OC)C(C)=Nc2nnnn21. The minimum absolute atomic E-state index is 0.251. The summed E-state index contributed by atoms with van der Waals surface area (Å²) in [5.41, 5.74) is 1.95. The van der Waals surface area contributed by atoms with Gasteiger partial charge in [-0.1, -0.05) is 33.2 Å². The van der Waals surface area contributed by atoms with Crippen molar-refractivity contribution in [2.75, 3.05) is 19.0 Å². The molecule has 0 fully saturated rings. The van der Waals surface area contributed by atoms with Gasteiger partial charge in [0.05, 0.1) is 19.4 Å². The fraction of sp³-hybridized carbons (Fsp3) is 0.286. The summed E-state index contributed by atoms with van der Waals surface area (Å²) in [5, 5.41) is 14.9. The van der Waals surface area contributed by atoms with Crippen molar-refractivity contribution >= 4 is 39.2 Å². The van der Waals surface area contributed by atoms with Gasteiger partial charge in [-0.3, -0.25) is 4.79 Å². The molecule has 0 saturated carbocycles. The van der Waals surface area contributed by atoms with Crippen LogP contribution in [0, 0.1) is 5.92 Å². The van der Waals surface area contributed by atoms with Crippen LogP contribution in [-0.2, 0) is 4.79 Å². The van der Waals surface area contributed by atoms with Crippen molar-refractivity contribution in [3.8, 4) is 11.5 Å². The first-order valence-corrected chi connectivity index (χ1v) is 10.5. The van der Waals surface area contributed by atoms with Gasteiger partial charge in [-0.15, -0.1) is 0 Å². The molecule has 1 amide bonds. The average Bonchev–Trinajstić information content (AvgIpc) is 3.22. The van der Waals surface area contributed by atoms with Gasteiger partial charge in [0.25, 0.3) is 5.95 Å². The maximum absolute atomic E-state index is 13.5. The molecule has 31 heavy (non-hydrogen) atoms. The number of tetrazole rings is 1. The lowest BCUT2D eigenvalue weighted by Gasteiger charge is -2.31. The lowest BCUT2D eigenvalue weighted by Crippen LogP contribution is -2.39. The number of rotatable bonds is 6. The first kappa shape index (κ1) is 21.0. The second kappa shape index (κ2) is 8.84. The molecule has 10 heteroatoms. The Morgan fingerprint density at radius 3 is 2.81 bits per heavy atom. The third-order valence-electron chi connectivity index (χ3n) is 5.02. The summed E-state index contributed by atoms with van der Waals surface area (Å²) >= 11 is 3.53. The molecule has 0 spiro atoms. The van der Waals surface area contributed by atoms with E-state index >= 15 is 0 Å². The summed E-state index contributed by atoms with van der Waals surface area (Å²) in [6.07, 6.45) is 0. The number of fused-ring (bicyclic) bond motifs is 1. The van der Waals surface area contributed by atoms with Crippen LogP contribution in [0.5, 0.6) is 11.5 Å². The molecule has 0 bridgehead atoms. The molecule has 2 heterocycles. The number of aliphatic imine (C=N–C) groups is 1. The lowest BCUT2D eigenvalue weighted by atomic mass is 9.87. The molecule has 3 aromatic rings. The van der Waals surface area contributed by atoms with E-state index < -0.39 is 12.0 Å². The van der Waals surface area contributed by atoms with Crippen molar-refractivity contribution in [1.29, 1.82) is 0 Å². The summed E-state index contributed by atoms with van der Waals surface area (Å²) < 4.78 is 13.6. The van der Waals surface area contributed by atoms with Crippen molar-refractivity contribution < 1.29 is 14.3 Å².